The van der Waals surface area contributed by atoms with Crippen molar-refractivity contribution in [1.29, 1.82) is 0 Å². The molecule has 22 heteroatoms. The number of fused-ring (bicyclic) bond motifs is 5. The van der Waals surface area contributed by atoms with Crippen LogP contribution in [0, 0.1) is 27.7 Å². The van der Waals surface area contributed by atoms with E-state index in [4.69, 9.17) is 14.7 Å². The zero-order valence-corrected chi connectivity index (χ0v) is 83.2. The van der Waals surface area contributed by atoms with Crippen LogP contribution in [0.2, 0.25) is 0 Å². The van der Waals surface area contributed by atoms with Crippen molar-refractivity contribution < 1.29 is 152 Å². The maximum absolute atomic E-state index is 10.3. The third kappa shape index (κ3) is 20.7. The Morgan fingerprint density at radius 3 is 1.30 bits per heavy atom. The molecule has 115 heavy (non-hydrogen) atoms. The Labute approximate surface area is 744 Å². The molecule has 0 spiro atoms. The van der Waals surface area contributed by atoms with Crippen LogP contribution in [0.25, 0.3) is 128 Å². The average molecular weight is 1830 g/mol. The second kappa shape index (κ2) is 42.6. The van der Waals surface area contributed by atoms with Gasteiger partial charge < -0.3 is 44.5 Å². The van der Waals surface area contributed by atoms with Gasteiger partial charge in [-0.05, 0) is 183 Å². The van der Waals surface area contributed by atoms with Gasteiger partial charge in [0, 0.05) is 182 Å². The largest absolute Gasteiger partial charge is 0.507 e. The Kier molecular flexibility index (Phi) is 33.9. The molecule has 550 valence electrons. The van der Waals surface area contributed by atoms with Gasteiger partial charge in [-0.2, -0.15) is 0 Å². The van der Waals surface area contributed by atoms with Crippen LogP contribution < -0.4 is 4.74 Å². The molecular weight excluding hydrogens is 1750 g/mol. The number of phenolic OH excluding ortho intramolecular Hbond substituents is 6. The standard InChI is InChI=1S/C22H18N2O.C19H14N2O.C17H15NO.C14H12N2O.C11H11NO.C10H9NO2.6Zn/c1-24-21(17-12-6-3-7-13-17)20(16-10-4-2-5-11-16)23-22(24)18-14-8-9-15-19(18)25;22-18-13-7-4-10-15(18)19-20-16-11-5-6-12-17(16)21(19)14-8-2-1-3-9-14;1-11-5-3-6-12(2)16(11)13-8-9-15(19)17-14(13)7-4-10-18-17;1-16-12-8-4-3-7-11(12)15-14(16)10-6-2-5-9-13(10)17;1-7-3-6-10(13)11-9(7)5-4-8(2)12-11;1-13-9-5-4-8(12)10-7(9)3-2-6-11-10;;;;;;/h2-15,25H,1H3;1-13,22H;3-10,19H,1-2H3;2-9,17H,1H3;3-6,13H,1-2H3;2-6,12H,1H3;;;;;;. The first-order valence-electron chi connectivity index (χ1n) is 35.3. The predicted octanol–water partition coefficient (Wildman–Crippen LogP) is 21.2. The number of aromatic hydroxyl groups is 6. The molecule has 0 aliphatic rings. The monoisotopic (exact) mass is 1820 g/mol. The number of imidazole rings is 3. The van der Waals surface area contributed by atoms with E-state index >= 15 is 0 Å². The van der Waals surface area contributed by atoms with Crippen LogP contribution in [0.4, 0.5) is 0 Å². The first kappa shape index (κ1) is 91.5. The number of para-hydroxylation sites is 8. The fourth-order valence-electron chi connectivity index (χ4n) is 13.3. The minimum Gasteiger partial charge on any atom is -0.507 e. The molecule has 0 fully saturated rings. The van der Waals surface area contributed by atoms with Crippen molar-refractivity contribution in [2.45, 2.75) is 27.7 Å². The van der Waals surface area contributed by atoms with E-state index in [-0.39, 0.29) is 151 Å². The first-order valence-corrected chi connectivity index (χ1v) is 35.3. The number of ether oxygens (including phenoxy) is 1. The second-order valence-electron chi connectivity index (χ2n) is 25.8. The van der Waals surface area contributed by atoms with Gasteiger partial charge in [-0.3, -0.25) is 14.5 Å². The summed E-state index contributed by atoms with van der Waals surface area (Å²) in [5, 5.41) is 62.1. The summed E-state index contributed by atoms with van der Waals surface area (Å²) in [5.41, 5.74) is 20.0. The molecule has 0 unspecified atom stereocenters. The number of phenols is 6. The maximum atomic E-state index is 10.3. The Bertz CT molecular complexity index is 6230. The molecule has 6 aromatic heterocycles. The second-order valence-corrected chi connectivity index (χ2v) is 25.8. The quantitative estimate of drug-likeness (QED) is 0.0780. The molecule has 0 aliphatic carbocycles. The molecule has 0 amide bonds. The van der Waals surface area contributed by atoms with Crippen molar-refractivity contribution in [3.05, 3.63) is 338 Å². The molecule has 18 aromatic rings. The molecule has 0 aliphatic heterocycles. The summed E-state index contributed by atoms with van der Waals surface area (Å²) in [6, 6.07) is 96.6. The van der Waals surface area contributed by atoms with E-state index in [1.54, 1.807) is 62.0 Å². The van der Waals surface area contributed by atoms with Gasteiger partial charge in [-0.15, -0.1) is 0 Å². The van der Waals surface area contributed by atoms with Crippen LogP contribution in [0.1, 0.15) is 22.4 Å². The van der Waals surface area contributed by atoms with E-state index in [9.17, 15) is 30.6 Å². The molecule has 0 radical (unpaired) electrons. The van der Waals surface area contributed by atoms with E-state index < -0.39 is 0 Å². The molecule has 0 saturated carbocycles. The Hall–Kier alpha value is -10.6. The minimum atomic E-state index is 0. The van der Waals surface area contributed by atoms with Crippen molar-refractivity contribution in [3.8, 4) is 114 Å². The van der Waals surface area contributed by atoms with Crippen LogP contribution in [0.15, 0.2) is 316 Å². The number of aromatic nitrogens is 9. The molecule has 16 nitrogen and oxygen atoms in total. The number of hydrogen-bond donors (Lipinski definition) is 6. The fraction of sp³-hybridized carbons (Fsp3) is 0.0753. The molecule has 6 heterocycles. The summed E-state index contributed by atoms with van der Waals surface area (Å²) < 4.78 is 11.2. The number of aryl methyl sites for hydroxylation is 5. The van der Waals surface area contributed by atoms with Gasteiger partial charge in [0.15, 0.2) is 0 Å². The van der Waals surface area contributed by atoms with E-state index in [2.05, 4.69) is 80.8 Å². The molecule has 0 bridgehead atoms. The Morgan fingerprint density at radius 1 is 0.304 bits per heavy atom. The van der Waals surface area contributed by atoms with Crippen LogP contribution in [0.3, 0.4) is 0 Å². The van der Waals surface area contributed by atoms with Gasteiger partial charge in [0.25, 0.3) is 0 Å². The molecular formula is C93H79N9O7Zn6. The van der Waals surface area contributed by atoms with Crippen LogP contribution >= 0.6 is 0 Å². The van der Waals surface area contributed by atoms with Gasteiger partial charge in [-0.25, -0.2) is 19.9 Å². The third-order valence-corrected chi connectivity index (χ3v) is 18.6. The van der Waals surface area contributed by atoms with Crippen LogP contribution in [-0.4, -0.2) is 81.4 Å². The first-order chi connectivity index (χ1) is 53.1. The van der Waals surface area contributed by atoms with Crippen molar-refractivity contribution in [1.82, 2.24) is 43.6 Å². The average Bonchev–Trinajstić information content (AvgIpc) is 1.58. The smallest absolute Gasteiger partial charge is 0.149 e. The molecule has 18 rings (SSSR count). The maximum Gasteiger partial charge on any atom is 0.149 e. The summed E-state index contributed by atoms with van der Waals surface area (Å²) in [5.74, 6) is 4.37. The SMILES string of the molecule is COc1ccc(O)c2ncccc12.Cc1ccc2c(C)ccc(O)c2n1.Cc1cccc(C)c1-c1ccc(O)c2ncccc12.Cn1c(-c2ccccc2O)nc(-c2ccccc2)c1-c1ccccc1.Cn1c(-c2ccccc2O)nc2ccccc21.Oc1ccccc1-c1nc2ccccc2n1-c1ccccc1.[Zn].[Zn].[Zn].[Zn].[Zn].[Zn]. The van der Waals surface area contributed by atoms with E-state index in [0.29, 0.717) is 16.6 Å². The van der Waals surface area contributed by atoms with E-state index in [0.717, 1.165) is 123 Å². The van der Waals surface area contributed by atoms with Crippen molar-refractivity contribution in [3.63, 3.8) is 0 Å². The Balaban J connectivity index is 0.000000192. The van der Waals surface area contributed by atoms with Crippen LogP contribution in [0.5, 0.6) is 40.2 Å². The fourth-order valence-corrected chi connectivity index (χ4v) is 13.3. The summed E-state index contributed by atoms with van der Waals surface area (Å²) >= 11 is 0. The summed E-state index contributed by atoms with van der Waals surface area (Å²) in [7, 11) is 5.54. The number of hydrogen-bond acceptors (Lipinski definition) is 13. The molecule has 6 N–H and O–H groups in total. The number of pyridine rings is 3. The van der Waals surface area contributed by atoms with Gasteiger partial charge in [0.05, 0.1) is 57.3 Å². The Morgan fingerprint density at radius 2 is 0.748 bits per heavy atom. The molecule has 12 aromatic carbocycles. The van der Waals surface area contributed by atoms with E-state index in [1.807, 2.05) is 255 Å². The zero-order chi connectivity index (χ0) is 76.1. The topological polar surface area (TPSA) is 223 Å². The molecule has 0 saturated heterocycles. The number of nitrogens with zero attached hydrogens (tertiary/aromatic N) is 9. The third-order valence-electron chi connectivity index (χ3n) is 18.6. The van der Waals surface area contributed by atoms with Crippen molar-refractivity contribution >= 4 is 54.8 Å². The zero-order valence-electron chi connectivity index (χ0n) is 65.4. The van der Waals surface area contributed by atoms with Gasteiger partial charge in [-0.1, -0.05) is 176 Å². The molecule has 0 atom stereocenters. The number of methoxy groups -OCH3 is 1. The van der Waals surface area contributed by atoms with Crippen molar-refractivity contribution in [2.75, 3.05) is 7.11 Å². The number of rotatable bonds is 8. The summed E-state index contributed by atoms with van der Waals surface area (Å²) in [6.07, 6.45) is 3.35. The predicted molar refractivity (Wildman–Crippen MR) is 438 cm³/mol. The van der Waals surface area contributed by atoms with Gasteiger partial charge >= 0.3 is 0 Å². The van der Waals surface area contributed by atoms with Gasteiger partial charge in [0.2, 0.25) is 0 Å². The number of benzene rings is 12. The van der Waals surface area contributed by atoms with E-state index in [1.165, 1.54) is 16.7 Å². The van der Waals surface area contributed by atoms with Crippen molar-refractivity contribution in [2.24, 2.45) is 14.1 Å². The normalized spacial score (nSPS) is 10.2. The van der Waals surface area contributed by atoms with Gasteiger partial charge in [0.1, 0.15) is 74.3 Å². The summed E-state index contributed by atoms with van der Waals surface area (Å²) in [6.45, 7) is 8.15. The summed E-state index contributed by atoms with van der Waals surface area (Å²) in [4.78, 5) is 26.8. The minimum absolute atomic E-state index is 0. The van der Waals surface area contributed by atoms with Crippen LogP contribution in [-0.2, 0) is 131 Å².